The maximum atomic E-state index is 11.8. The third-order valence-corrected chi connectivity index (χ3v) is 4.76. The number of rotatable bonds is 7. The van der Waals surface area contributed by atoms with Crippen LogP contribution >= 0.6 is 0 Å². The molecular weight excluding hydrogens is 240 g/mol. The van der Waals surface area contributed by atoms with Crippen molar-refractivity contribution in [2.24, 2.45) is 11.7 Å². The van der Waals surface area contributed by atoms with E-state index in [-0.39, 0.29) is 11.8 Å². The first-order chi connectivity index (χ1) is 8.05. The molecule has 1 unspecified atom stereocenters. The minimum absolute atomic E-state index is 0.00164. The van der Waals surface area contributed by atoms with Crippen molar-refractivity contribution in [3.05, 3.63) is 0 Å². The molecule has 0 bridgehead atoms. The molecule has 1 saturated heterocycles. The Morgan fingerprint density at radius 3 is 2.59 bits per heavy atom. The van der Waals surface area contributed by atoms with E-state index in [4.69, 9.17) is 10.5 Å². The van der Waals surface area contributed by atoms with Gasteiger partial charge in [-0.3, -0.25) is 0 Å². The van der Waals surface area contributed by atoms with Crippen LogP contribution in [0.2, 0.25) is 0 Å². The second-order valence-corrected chi connectivity index (χ2v) is 6.54. The molecule has 5 nitrogen and oxygen atoms in total. The Balaban J connectivity index is 2.34. The van der Waals surface area contributed by atoms with E-state index in [1.165, 1.54) is 0 Å². The zero-order valence-corrected chi connectivity index (χ0v) is 11.3. The molecule has 3 N–H and O–H groups in total. The minimum atomic E-state index is -3.15. The van der Waals surface area contributed by atoms with Crippen molar-refractivity contribution in [2.75, 3.05) is 25.5 Å². The van der Waals surface area contributed by atoms with Gasteiger partial charge in [0.1, 0.15) is 0 Å². The lowest BCUT2D eigenvalue weighted by atomic mass is 9.94. The Bertz CT molecular complexity index is 300. The molecule has 0 amide bonds. The third kappa shape index (κ3) is 5.81. The van der Waals surface area contributed by atoms with Gasteiger partial charge in [0, 0.05) is 19.3 Å². The summed E-state index contributed by atoms with van der Waals surface area (Å²) >= 11 is 0. The van der Waals surface area contributed by atoms with Crippen LogP contribution in [0, 0.1) is 5.92 Å². The summed E-state index contributed by atoms with van der Waals surface area (Å²) in [5.74, 6) is 0.575. The SMILES string of the molecule is CC(NS(=O)(=O)CCCCN)C1CCOCC1. The summed E-state index contributed by atoms with van der Waals surface area (Å²) in [5, 5.41) is 0. The highest BCUT2D eigenvalue weighted by molar-refractivity contribution is 7.89. The van der Waals surface area contributed by atoms with Crippen LogP contribution in [0.4, 0.5) is 0 Å². The lowest BCUT2D eigenvalue weighted by Gasteiger charge is -2.28. The van der Waals surface area contributed by atoms with Crippen LogP contribution in [-0.2, 0) is 14.8 Å². The highest BCUT2D eigenvalue weighted by atomic mass is 32.2. The Kier molecular flexibility index (Phi) is 6.40. The predicted molar refractivity (Wildman–Crippen MR) is 68.2 cm³/mol. The molecule has 17 heavy (non-hydrogen) atoms. The molecule has 0 spiro atoms. The zero-order chi connectivity index (χ0) is 12.7. The first kappa shape index (κ1) is 14.9. The molecule has 0 saturated carbocycles. The molecule has 1 aliphatic heterocycles. The van der Waals surface area contributed by atoms with Crippen LogP contribution in [0.15, 0.2) is 0 Å². The summed E-state index contributed by atoms with van der Waals surface area (Å²) in [4.78, 5) is 0. The fourth-order valence-electron chi connectivity index (χ4n) is 2.09. The van der Waals surface area contributed by atoms with Crippen molar-refractivity contribution >= 4 is 10.0 Å². The number of nitrogens with one attached hydrogen (secondary N) is 1. The molecule has 0 aromatic carbocycles. The van der Waals surface area contributed by atoms with Crippen molar-refractivity contribution in [1.82, 2.24) is 4.72 Å². The normalized spacial score (nSPS) is 20.4. The molecule has 1 aliphatic rings. The summed E-state index contributed by atoms with van der Waals surface area (Å²) in [6, 6.07) is 0.00164. The maximum Gasteiger partial charge on any atom is 0.211 e. The van der Waals surface area contributed by atoms with Gasteiger partial charge in [-0.1, -0.05) is 0 Å². The van der Waals surface area contributed by atoms with E-state index in [2.05, 4.69) is 4.72 Å². The first-order valence-electron chi connectivity index (χ1n) is 6.33. The van der Waals surface area contributed by atoms with E-state index in [1.807, 2.05) is 6.92 Å². The molecule has 0 aromatic rings. The van der Waals surface area contributed by atoms with Crippen molar-refractivity contribution in [1.29, 1.82) is 0 Å². The van der Waals surface area contributed by atoms with Crippen LogP contribution in [0.3, 0.4) is 0 Å². The van der Waals surface area contributed by atoms with Gasteiger partial charge in [0.25, 0.3) is 0 Å². The smallest absolute Gasteiger partial charge is 0.211 e. The maximum absolute atomic E-state index is 11.8. The van der Waals surface area contributed by atoms with Crippen LogP contribution in [0.1, 0.15) is 32.6 Å². The molecule has 102 valence electrons. The Hall–Kier alpha value is -0.170. The van der Waals surface area contributed by atoms with Gasteiger partial charge in [0.05, 0.1) is 5.75 Å². The van der Waals surface area contributed by atoms with Crippen LogP contribution in [0.25, 0.3) is 0 Å². The summed E-state index contributed by atoms with van der Waals surface area (Å²) < 4.78 is 31.6. The van der Waals surface area contributed by atoms with E-state index in [0.717, 1.165) is 32.5 Å². The lowest BCUT2D eigenvalue weighted by molar-refractivity contribution is 0.0585. The zero-order valence-electron chi connectivity index (χ0n) is 10.5. The highest BCUT2D eigenvalue weighted by Crippen LogP contribution is 2.19. The van der Waals surface area contributed by atoms with Crippen LogP contribution < -0.4 is 10.5 Å². The molecule has 1 heterocycles. The molecule has 1 atom stereocenters. The summed E-state index contributed by atoms with van der Waals surface area (Å²) in [6.07, 6.45) is 3.26. The number of ether oxygens (including phenoxy) is 1. The third-order valence-electron chi connectivity index (χ3n) is 3.21. The Morgan fingerprint density at radius 1 is 1.35 bits per heavy atom. The van der Waals surface area contributed by atoms with Crippen molar-refractivity contribution in [2.45, 2.75) is 38.6 Å². The second-order valence-electron chi connectivity index (χ2n) is 4.67. The first-order valence-corrected chi connectivity index (χ1v) is 7.98. The van der Waals surface area contributed by atoms with E-state index in [1.54, 1.807) is 0 Å². The van der Waals surface area contributed by atoms with Crippen LogP contribution in [0.5, 0.6) is 0 Å². The van der Waals surface area contributed by atoms with Gasteiger partial charge in [-0.2, -0.15) is 0 Å². The molecule has 0 aromatic heterocycles. The van der Waals surface area contributed by atoms with Gasteiger partial charge >= 0.3 is 0 Å². The van der Waals surface area contributed by atoms with Gasteiger partial charge in [0.15, 0.2) is 0 Å². The monoisotopic (exact) mass is 264 g/mol. The fourth-order valence-corrected chi connectivity index (χ4v) is 3.55. The van der Waals surface area contributed by atoms with Gasteiger partial charge in [-0.25, -0.2) is 13.1 Å². The number of nitrogens with two attached hydrogens (primary N) is 1. The topological polar surface area (TPSA) is 81.4 Å². The molecule has 0 radical (unpaired) electrons. The van der Waals surface area contributed by atoms with Gasteiger partial charge in [0.2, 0.25) is 10.0 Å². The second kappa shape index (κ2) is 7.31. The van der Waals surface area contributed by atoms with Crippen molar-refractivity contribution in [3.8, 4) is 0 Å². The van der Waals surface area contributed by atoms with Gasteiger partial charge < -0.3 is 10.5 Å². The predicted octanol–water partition coefficient (Wildman–Crippen LogP) is 0.460. The largest absolute Gasteiger partial charge is 0.381 e. The summed E-state index contributed by atoms with van der Waals surface area (Å²) in [6.45, 7) is 3.97. The summed E-state index contributed by atoms with van der Waals surface area (Å²) in [5.41, 5.74) is 5.35. The average Bonchev–Trinajstić information content (AvgIpc) is 2.30. The Labute approximate surface area is 104 Å². The quantitative estimate of drug-likeness (QED) is 0.655. The van der Waals surface area contributed by atoms with Crippen LogP contribution in [-0.4, -0.2) is 40.0 Å². The molecule has 1 rings (SSSR count). The van der Waals surface area contributed by atoms with Crippen molar-refractivity contribution < 1.29 is 13.2 Å². The average molecular weight is 264 g/mol. The molecular formula is C11H24N2O3S. The molecule has 6 heteroatoms. The number of hydrogen-bond acceptors (Lipinski definition) is 4. The van der Waals surface area contributed by atoms with E-state index >= 15 is 0 Å². The summed E-state index contributed by atoms with van der Waals surface area (Å²) in [7, 11) is -3.15. The highest BCUT2D eigenvalue weighted by Gasteiger charge is 2.24. The molecule has 0 aliphatic carbocycles. The number of sulfonamides is 1. The lowest BCUT2D eigenvalue weighted by Crippen LogP contribution is -2.41. The number of hydrogen-bond donors (Lipinski definition) is 2. The number of unbranched alkanes of at least 4 members (excludes halogenated alkanes) is 1. The van der Waals surface area contributed by atoms with E-state index < -0.39 is 10.0 Å². The Morgan fingerprint density at radius 2 is 2.00 bits per heavy atom. The van der Waals surface area contributed by atoms with Crippen molar-refractivity contribution in [3.63, 3.8) is 0 Å². The standard InChI is InChI=1S/C11H24N2O3S/c1-10(11-4-7-16-8-5-11)13-17(14,15)9-3-2-6-12/h10-11,13H,2-9,12H2,1H3. The fraction of sp³-hybridized carbons (Fsp3) is 1.00. The minimum Gasteiger partial charge on any atom is -0.381 e. The van der Waals surface area contributed by atoms with Gasteiger partial charge in [-0.05, 0) is 45.1 Å². The van der Waals surface area contributed by atoms with E-state index in [0.29, 0.717) is 18.9 Å². The molecule has 1 fully saturated rings. The van der Waals surface area contributed by atoms with E-state index in [9.17, 15) is 8.42 Å². The van der Waals surface area contributed by atoms with Gasteiger partial charge in [-0.15, -0.1) is 0 Å².